The van der Waals surface area contributed by atoms with Crippen LogP contribution in [0.15, 0.2) is 36.5 Å². The summed E-state index contributed by atoms with van der Waals surface area (Å²) in [5.41, 5.74) is 10.5. The number of nitrogens with zero attached hydrogens (tertiary/aromatic N) is 2. The second-order valence-corrected chi connectivity index (χ2v) is 5.09. The third-order valence-corrected chi connectivity index (χ3v) is 3.75. The average Bonchev–Trinajstić information content (AvgIpc) is 2.53. The molecule has 1 aliphatic heterocycles. The fourth-order valence-corrected chi connectivity index (χ4v) is 2.63. The SMILES string of the molecule is COC(=O)c1cc(N2CCc3ccc(N)cc3C2)ccn1. The van der Waals surface area contributed by atoms with Gasteiger partial charge in [-0.05, 0) is 41.8 Å². The topological polar surface area (TPSA) is 68.5 Å². The zero-order valence-corrected chi connectivity index (χ0v) is 11.9. The first-order chi connectivity index (χ1) is 10.2. The standard InChI is InChI=1S/C16H17N3O2/c1-21-16(20)15-9-14(4-6-18-15)19-7-5-11-2-3-13(17)8-12(11)10-19/h2-4,6,8-9H,5,7,10,17H2,1H3. The molecule has 0 saturated carbocycles. The number of hydrogen-bond acceptors (Lipinski definition) is 5. The molecule has 2 heterocycles. The highest BCUT2D eigenvalue weighted by Crippen LogP contribution is 2.26. The van der Waals surface area contributed by atoms with E-state index in [4.69, 9.17) is 10.5 Å². The second-order valence-electron chi connectivity index (χ2n) is 5.09. The molecule has 2 aromatic rings. The Balaban J connectivity index is 1.87. The highest BCUT2D eigenvalue weighted by Gasteiger charge is 2.18. The number of nitrogen functional groups attached to an aromatic ring is 1. The van der Waals surface area contributed by atoms with Gasteiger partial charge >= 0.3 is 5.97 Å². The minimum atomic E-state index is -0.418. The van der Waals surface area contributed by atoms with Crippen molar-refractivity contribution in [1.82, 2.24) is 4.98 Å². The summed E-state index contributed by atoms with van der Waals surface area (Å²) in [6, 6.07) is 9.72. The molecule has 0 radical (unpaired) electrons. The van der Waals surface area contributed by atoms with Gasteiger partial charge in [-0.2, -0.15) is 0 Å². The first-order valence-electron chi connectivity index (χ1n) is 6.84. The molecule has 2 N–H and O–H groups in total. The quantitative estimate of drug-likeness (QED) is 0.674. The number of nitrogens with two attached hydrogens (primary N) is 1. The van der Waals surface area contributed by atoms with Crippen LogP contribution in [-0.4, -0.2) is 24.6 Å². The number of aromatic nitrogens is 1. The molecular formula is C16H17N3O2. The van der Waals surface area contributed by atoms with Crippen molar-refractivity contribution in [2.45, 2.75) is 13.0 Å². The second kappa shape index (κ2) is 5.44. The molecule has 108 valence electrons. The summed E-state index contributed by atoms with van der Waals surface area (Å²) in [4.78, 5) is 17.8. The Morgan fingerprint density at radius 3 is 2.95 bits per heavy atom. The summed E-state index contributed by atoms with van der Waals surface area (Å²) in [5, 5.41) is 0. The molecule has 0 unspecified atom stereocenters. The van der Waals surface area contributed by atoms with Crippen LogP contribution in [0.5, 0.6) is 0 Å². The lowest BCUT2D eigenvalue weighted by Gasteiger charge is -2.31. The summed E-state index contributed by atoms with van der Waals surface area (Å²) in [7, 11) is 1.36. The van der Waals surface area contributed by atoms with Gasteiger partial charge in [0, 0.05) is 30.7 Å². The zero-order chi connectivity index (χ0) is 14.8. The van der Waals surface area contributed by atoms with E-state index in [1.54, 1.807) is 12.3 Å². The first-order valence-corrected chi connectivity index (χ1v) is 6.84. The highest BCUT2D eigenvalue weighted by molar-refractivity contribution is 5.88. The van der Waals surface area contributed by atoms with Crippen LogP contribution in [0.4, 0.5) is 11.4 Å². The Labute approximate surface area is 123 Å². The normalized spacial score (nSPS) is 13.7. The summed E-state index contributed by atoms with van der Waals surface area (Å²) in [6.45, 7) is 1.69. The van der Waals surface area contributed by atoms with Gasteiger partial charge in [0.25, 0.3) is 0 Å². The smallest absolute Gasteiger partial charge is 0.356 e. The van der Waals surface area contributed by atoms with E-state index in [2.05, 4.69) is 16.0 Å². The molecule has 3 rings (SSSR count). The zero-order valence-electron chi connectivity index (χ0n) is 11.9. The number of pyridine rings is 1. The summed E-state index contributed by atoms with van der Waals surface area (Å²) in [5.74, 6) is -0.418. The predicted molar refractivity (Wildman–Crippen MR) is 81.2 cm³/mol. The van der Waals surface area contributed by atoms with E-state index in [-0.39, 0.29) is 0 Å². The van der Waals surface area contributed by atoms with Gasteiger partial charge in [0.15, 0.2) is 0 Å². The third kappa shape index (κ3) is 2.67. The molecule has 5 heteroatoms. The van der Waals surface area contributed by atoms with Gasteiger partial charge in [-0.1, -0.05) is 6.07 Å². The fourth-order valence-electron chi connectivity index (χ4n) is 2.63. The van der Waals surface area contributed by atoms with Gasteiger partial charge in [-0.25, -0.2) is 9.78 Å². The van der Waals surface area contributed by atoms with Crippen molar-refractivity contribution >= 4 is 17.3 Å². The molecule has 0 fully saturated rings. The Bertz CT molecular complexity index is 685. The van der Waals surface area contributed by atoms with Crippen LogP contribution in [-0.2, 0) is 17.7 Å². The van der Waals surface area contributed by atoms with E-state index in [1.165, 1.54) is 18.2 Å². The molecular weight excluding hydrogens is 266 g/mol. The lowest BCUT2D eigenvalue weighted by atomic mass is 9.99. The van der Waals surface area contributed by atoms with Gasteiger partial charge in [0.1, 0.15) is 5.69 Å². The molecule has 1 aliphatic rings. The van der Waals surface area contributed by atoms with Crippen molar-refractivity contribution in [2.75, 3.05) is 24.3 Å². The average molecular weight is 283 g/mol. The third-order valence-electron chi connectivity index (χ3n) is 3.75. The van der Waals surface area contributed by atoms with Crippen LogP contribution >= 0.6 is 0 Å². The van der Waals surface area contributed by atoms with Crippen molar-refractivity contribution in [1.29, 1.82) is 0 Å². The number of ether oxygens (including phenoxy) is 1. The van der Waals surface area contributed by atoms with Crippen LogP contribution in [0.25, 0.3) is 0 Å². The molecule has 0 aliphatic carbocycles. The van der Waals surface area contributed by atoms with Gasteiger partial charge in [-0.15, -0.1) is 0 Å². The van der Waals surface area contributed by atoms with Gasteiger partial charge < -0.3 is 15.4 Å². The minimum absolute atomic E-state index is 0.327. The van der Waals surface area contributed by atoms with Crippen molar-refractivity contribution in [3.05, 3.63) is 53.3 Å². The maximum Gasteiger partial charge on any atom is 0.356 e. The van der Waals surface area contributed by atoms with E-state index in [9.17, 15) is 4.79 Å². The molecule has 0 amide bonds. The number of carbonyl (C=O) groups excluding carboxylic acids is 1. The van der Waals surface area contributed by atoms with Gasteiger partial charge in [0.2, 0.25) is 0 Å². The van der Waals surface area contributed by atoms with Crippen LogP contribution < -0.4 is 10.6 Å². The Morgan fingerprint density at radius 2 is 2.14 bits per heavy atom. The molecule has 5 nitrogen and oxygen atoms in total. The fraction of sp³-hybridized carbons (Fsp3) is 0.250. The Morgan fingerprint density at radius 1 is 1.29 bits per heavy atom. The summed E-state index contributed by atoms with van der Waals surface area (Å²) in [6.07, 6.45) is 2.60. The van der Waals surface area contributed by atoms with Crippen LogP contribution in [0, 0.1) is 0 Å². The molecule has 0 spiro atoms. The Kier molecular flexibility index (Phi) is 3.48. The van der Waals surface area contributed by atoms with Gasteiger partial charge in [0.05, 0.1) is 7.11 Å². The van der Waals surface area contributed by atoms with Crippen LogP contribution in [0.3, 0.4) is 0 Å². The van der Waals surface area contributed by atoms with E-state index in [1.807, 2.05) is 18.2 Å². The molecule has 1 aromatic carbocycles. The lowest BCUT2D eigenvalue weighted by molar-refractivity contribution is 0.0594. The van der Waals surface area contributed by atoms with Crippen molar-refractivity contribution in [2.24, 2.45) is 0 Å². The molecule has 0 bridgehead atoms. The van der Waals surface area contributed by atoms with E-state index < -0.39 is 5.97 Å². The number of rotatable bonds is 2. The highest BCUT2D eigenvalue weighted by atomic mass is 16.5. The molecule has 0 atom stereocenters. The number of methoxy groups -OCH3 is 1. The largest absolute Gasteiger partial charge is 0.464 e. The summed E-state index contributed by atoms with van der Waals surface area (Å²) < 4.78 is 4.71. The number of benzene rings is 1. The van der Waals surface area contributed by atoms with Crippen LogP contribution in [0.2, 0.25) is 0 Å². The number of carbonyl (C=O) groups is 1. The van der Waals surface area contributed by atoms with Crippen molar-refractivity contribution < 1.29 is 9.53 Å². The molecule has 21 heavy (non-hydrogen) atoms. The minimum Gasteiger partial charge on any atom is -0.464 e. The van der Waals surface area contributed by atoms with E-state index >= 15 is 0 Å². The maximum absolute atomic E-state index is 11.6. The molecule has 0 saturated heterocycles. The van der Waals surface area contributed by atoms with Crippen molar-refractivity contribution in [3.63, 3.8) is 0 Å². The van der Waals surface area contributed by atoms with E-state index in [0.717, 1.165) is 30.9 Å². The predicted octanol–water partition coefficient (Wildman–Crippen LogP) is 2.01. The maximum atomic E-state index is 11.6. The molecule has 1 aromatic heterocycles. The van der Waals surface area contributed by atoms with Crippen LogP contribution in [0.1, 0.15) is 21.6 Å². The number of esters is 1. The number of hydrogen-bond donors (Lipinski definition) is 1. The number of anilines is 2. The number of fused-ring (bicyclic) bond motifs is 1. The Hall–Kier alpha value is -2.56. The van der Waals surface area contributed by atoms with Gasteiger partial charge in [-0.3, -0.25) is 0 Å². The first kappa shape index (κ1) is 13.4. The lowest BCUT2D eigenvalue weighted by Crippen LogP contribution is -2.30. The van der Waals surface area contributed by atoms with Crippen molar-refractivity contribution in [3.8, 4) is 0 Å². The monoisotopic (exact) mass is 283 g/mol. The van der Waals surface area contributed by atoms with E-state index in [0.29, 0.717) is 5.69 Å². The summed E-state index contributed by atoms with van der Waals surface area (Å²) >= 11 is 0.